The van der Waals surface area contributed by atoms with Gasteiger partial charge in [-0.25, -0.2) is 0 Å². The minimum atomic E-state index is 0.762. The zero-order chi connectivity index (χ0) is 12.6. The molecule has 1 aliphatic carbocycles. The zero-order valence-electron chi connectivity index (χ0n) is 11.4. The van der Waals surface area contributed by atoms with Crippen LogP contribution in [0.3, 0.4) is 0 Å². The molecule has 1 saturated carbocycles. The van der Waals surface area contributed by atoms with Crippen molar-refractivity contribution in [3.8, 4) is 0 Å². The molecular formula is C15H25N3. The van der Waals surface area contributed by atoms with Gasteiger partial charge in [0.15, 0.2) is 0 Å². The minimum absolute atomic E-state index is 0.762. The van der Waals surface area contributed by atoms with E-state index in [1.54, 1.807) is 0 Å². The molecule has 1 aromatic rings. The molecule has 0 unspecified atom stereocenters. The highest BCUT2D eigenvalue weighted by Crippen LogP contribution is 2.23. The molecule has 2 rings (SSSR count). The number of aromatic nitrogens is 1. The van der Waals surface area contributed by atoms with E-state index in [-0.39, 0.29) is 0 Å². The first kappa shape index (κ1) is 13.5. The monoisotopic (exact) mass is 247 g/mol. The van der Waals surface area contributed by atoms with Crippen LogP contribution in [0.5, 0.6) is 0 Å². The summed E-state index contributed by atoms with van der Waals surface area (Å²) < 4.78 is 0. The fourth-order valence-electron chi connectivity index (χ4n) is 2.74. The van der Waals surface area contributed by atoms with E-state index in [1.807, 2.05) is 12.4 Å². The lowest BCUT2D eigenvalue weighted by Gasteiger charge is -2.28. The normalized spacial score (nSPS) is 24.1. The average molecular weight is 247 g/mol. The summed E-state index contributed by atoms with van der Waals surface area (Å²) in [6, 6.07) is 4.96. The Morgan fingerprint density at radius 2 is 1.89 bits per heavy atom. The predicted octanol–water partition coefficient (Wildman–Crippen LogP) is 1.99. The van der Waals surface area contributed by atoms with Crippen molar-refractivity contribution in [2.75, 3.05) is 20.1 Å². The van der Waals surface area contributed by atoms with Gasteiger partial charge in [0.2, 0.25) is 0 Å². The molecule has 0 atom stereocenters. The second-order valence-corrected chi connectivity index (χ2v) is 5.32. The zero-order valence-corrected chi connectivity index (χ0v) is 11.4. The second kappa shape index (κ2) is 7.49. The predicted molar refractivity (Wildman–Crippen MR) is 75.6 cm³/mol. The van der Waals surface area contributed by atoms with Crippen LogP contribution in [0.4, 0.5) is 0 Å². The van der Waals surface area contributed by atoms with Gasteiger partial charge in [0.25, 0.3) is 0 Å². The van der Waals surface area contributed by atoms with Gasteiger partial charge in [0, 0.05) is 18.4 Å². The second-order valence-electron chi connectivity index (χ2n) is 5.32. The standard InChI is InChI=1S/C15H25N3/c1-16-15-4-2-14(3-5-15)12-18-11-8-13-6-9-17-10-7-13/h6-7,9-10,14-16,18H,2-5,8,11-12H2,1H3. The first-order valence-electron chi connectivity index (χ1n) is 7.15. The van der Waals surface area contributed by atoms with Crippen molar-refractivity contribution >= 4 is 0 Å². The molecule has 0 aliphatic heterocycles. The van der Waals surface area contributed by atoms with Gasteiger partial charge in [-0.2, -0.15) is 0 Å². The molecule has 3 heteroatoms. The van der Waals surface area contributed by atoms with E-state index < -0.39 is 0 Å². The van der Waals surface area contributed by atoms with E-state index in [0.717, 1.165) is 24.9 Å². The Balaban J connectivity index is 1.56. The van der Waals surface area contributed by atoms with Crippen LogP contribution >= 0.6 is 0 Å². The molecule has 1 aliphatic rings. The summed E-state index contributed by atoms with van der Waals surface area (Å²) in [7, 11) is 2.08. The van der Waals surface area contributed by atoms with E-state index in [9.17, 15) is 0 Å². The molecule has 0 spiro atoms. The van der Waals surface area contributed by atoms with Crippen LogP contribution in [0.25, 0.3) is 0 Å². The Kier molecular flexibility index (Phi) is 5.62. The third-order valence-electron chi connectivity index (χ3n) is 4.03. The topological polar surface area (TPSA) is 37.0 Å². The van der Waals surface area contributed by atoms with Gasteiger partial charge in [0.1, 0.15) is 0 Å². The number of pyridine rings is 1. The number of hydrogen-bond acceptors (Lipinski definition) is 3. The van der Waals surface area contributed by atoms with E-state index in [1.165, 1.54) is 37.8 Å². The van der Waals surface area contributed by atoms with Crippen LogP contribution in [0.15, 0.2) is 24.5 Å². The summed E-state index contributed by atoms with van der Waals surface area (Å²) in [5, 5.41) is 6.98. The SMILES string of the molecule is CNC1CCC(CNCCc2ccncc2)CC1. The number of nitrogens with one attached hydrogen (secondary N) is 2. The molecule has 1 aromatic heterocycles. The Bertz CT molecular complexity index is 318. The van der Waals surface area contributed by atoms with Gasteiger partial charge >= 0.3 is 0 Å². The first-order chi connectivity index (χ1) is 8.88. The molecule has 100 valence electrons. The Hall–Kier alpha value is -0.930. The van der Waals surface area contributed by atoms with E-state index in [4.69, 9.17) is 0 Å². The molecule has 0 radical (unpaired) electrons. The maximum absolute atomic E-state index is 4.04. The molecule has 0 amide bonds. The summed E-state index contributed by atoms with van der Waals surface area (Å²) in [5.74, 6) is 0.882. The first-order valence-corrected chi connectivity index (χ1v) is 7.15. The van der Waals surface area contributed by atoms with Gasteiger partial charge in [0.05, 0.1) is 0 Å². The Labute approximate surface area is 110 Å². The van der Waals surface area contributed by atoms with Crippen LogP contribution < -0.4 is 10.6 Å². The highest BCUT2D eigenvalue weighted by molar-refractivity contribution is 5.09. The highest BCUT2D eigenvalue weighted by atomic mass is 14.9. The van der Waals surface area contributed by atoms with Crippen molar-refractivity contribution in [2.45, 2.75) is 38.1 Å². The molecule has 3 nitrogen and oxygen atoms in total. The lowest BCUT2D eigenvalue weighted by atomic mass is 9.86. The molecule has 1 fully saturated rings. The third kappa shape index (κ3) is 4.39. The van der Waals surface area contributed by atoms with Crippen molar-refractivity contribution < 1.29 is 0 Å². The van der Waals surface area contributed by atoms with Gasteiger partial charge in [-0.3, -0.25) is 4.98 Å². The molecular weight excluding hydrogens is 222 g/mol. The molecule has 0 bridgehead atoms. The maximum Gasteiger partial charge on any atom is 0.0270 e. The molecule has 0 saturated heterocycles. The van der Waals surface area contributed by atoms with Crippen LogP contribution in [0.1, 0.15) is 31.2 Å². The van der Waals surface area contributed by atoms with Gasteiger partial charge < -0.3 is 10.6 Å². The molecule has 18 heavy (non-hydrogen) atoms. The van der Waals surface area contributed by atoms with Crippen LogP contribution in [0, 0.1) is 5.92 Å². The highest BCUT2D eigenvalue weighted by Gasteiger charge is 2.19. The van der Waals surface area contributed by atoms with E-state index >= 15 is 0 Å². The smallest absolute Gasteiger partial charge is 0.0270 e. The van der Waals surface area contributed by atoms with E-state index in [0.29, 0.717) is 0 Å². The molecule has 1 heterocycles. The maximum atomic E-state index is 4.04. The summed E-state index contributed by atoms with van der Waals surface area (Å²) in [4.78, 5) is 4.04. The van der Waals surface area contributed by atoms with Crippen molar-refractivity contribution in [1.82, 2.24) is 15.6 Å². The van der Waals surface area contributed by atoms with E-state index in [2.05, 4.69) is 34.8 Å². The number of nitrogens with zero attached hydrogens (tertiary/aromatic N) is 1. The fraction of sp³-hybridized carbons (Fsp3) is 0.667. The molecule has 0 aromatic carbocycles. The van der Waals surface area contributed by atoms with Crippen molar-refractivity contribution in [2.24, 2.45) is 5.92 Å². The Morgan fingerprint density at radius 1 is 1.17 bits per heavy atom. The van der Waals surface area contributed by atoms with Gasteiger partial charge in [-0.15, -0.1) is 0 Å². The lowest BCUT2D eigenvalue weighted by molar-refractivity contribution is 0.293. The van der Waals surface area contributed by atoms with Crippen molar-refractivity contribution in [3.05, 3.63) is 30.1 Å². The minimum Gasteiger partial charge on any atom is -0.317 e. The molecule has 2 N–H and O–H groups in total. The lowest BCUT2D eigenvalue weighted by Crippen LogP contribution is -2.34. The fourth-order valence-corrected chi connectivity index (χ4v) is 2.74. The largest absolute Gasteiger partial charge is 0.317 e. The van der Waals surface area contributed by atoms with Gasteiger partial charge in [-0.05, 0) is 75.9 Å². The van der Waals surface area contributed by atoms with Crippen LogP contribution in [-0.4, -0.2) is 31.2 Å². The van der Waals surface area contributed by atoms with Crippen LogP contribution in [0.2, 0.25) is 0 Å². The average Bonchev–Trinajstić information content (AvgIpc) is 2.45. The number of rotatable bonds is 6. The van der Waals surface area contributed by atoms with Crippen LogP contribution in [-0.2, 0) is 6.42 Å². The summed E-state index contributed by atoms with van der Waals surface area (Å²) in [5.41, 5.74) is 1.37. The summed E-state index contributed by atoms with van der Waals surface area (Å²) in [6.07, 6.45) is 10.3. The Morgan fingerprint density at radius 3 is 2.56 bits per heavy atom. The van der Waals surface area contributed by atoms with Crippen molar-refractivity contribution in [3.63, 3.8) is 0 Å². The van der Waals surface area contributed by atoms with Gasteiger partial charge in [-0.1, -0.05) is 0 Å². The summed E-state index contributed by atoms with van der Waals surface area (Å²) in [6.45, 7) is 2.26. The van der Waals surface area contributed by atoms with Crippen molar-refractivity contribution in [1.29, 1.82) is 0 Å². The number of hydrogen-bond donors (Lipinski definition) is 2. The third-order valence-corrected chi connectivity index (χ3v) is 4.03. The quantitative estimate of drug-likeness (QED) is 0.755. The summed E-state index contributed by atoms with van der Waals surface area (Å²) >= 11 is 0.